The van der Waals surface area contributed by atoms with Crippen molar-refractivity contribution in [2.45, 2.75) is 6.92 Å². The van der Waals surface area contributed by atoms with E-state index < -0.39 is 0 Å². The molecule has 1 aliphatic rings. The highest BCUT2D eigenvalue weighted by Crippen LogP contribution is 2.14. The molecule has 1 N–H and O–H groups in total. The highest BCUT2D eigenvalue weighted by atomic mass is 35.5. The second kappa shape index (κ2) is 7.61. The summed E-state index contributed by atoms with van der Waals surface area (Å²) in [5.74, 6) is 0.100. The van der Waals surface area contributed by atoms with Crippen LogP contribution in [0.4, 0.5) is 0 Å². The molecule has 0 saturated carbocycles. The van der Waals surface area contributed by atoms with Crippen LogP contribution >= 0.6 is 11.6 Å². The number of carbonyl (C=O) groups is 2. The lowest BCUT2D eigenvalue weighted by Crippen LogP contribution is -2.52. The van der Waals surface area contributed by atoms with Crippen LogP contribution in [0.25, 0.3) is 0 Å². The van der Waals surface area contributed by atoms with Gasteiger partial charge in [0, 0.05) is 49.2 Å². The molecular weight excluding hydrogens is 302 g/mol. The van der Waals surface area contributed by atoms with Gasteiger partial charge in [0.05, 0.1) is 0 Å². The van der Waals surface area contributed by atoms with Gasteiger partial charge >= 0.3 is 0 Å². The zero-order valence-corrected chi connectivity index (χ0v) is 13.8. The van der Waals surface area contributed by atoms with Gasteiger partial charge in [0.1, 0.15) is 0 Å². The van der Waals surface area contributed by atoms with Crippen molar-refractivity contribution in [1.82, 2.24) is 15.1 Å². The zero-order valence-electron chi connectivity index (χ0n) is 13.0. The van der Waals surface area contributed by atoms with E-state index in [1.54, 1.807) is 29.2 Å². The van der Waals surface area contributed by atoms with E-state index in [0.29, 0.717) is 43.3 Å². The number of carbonyl (C=O) groups excluding carboxylic acids is 2. The minimum atomic E-state index is -0.0384. The Bertz CT molecular complexity index is 525. The lowest BCUT2D eigenvalue weighted by Gasteiger charge is -2.36. The minimum absolute atomic E-state index is 0.00737. The Kier molecular flexibility index (Phi) is 5.80. The molecule has 22 heavy (non-hydrogen) atoms. The molecule has 1 aromatic rings. The number of hydrogen-bond acceptors (Lipinski definition) is 3. The largest absolute Gasteiger partial charge is 0.339 e. The summed E-state index contributed by atoms with van der Waals surface area (Å²) in [6, 6.07) is 6.90. The molecule has 1 heterocycles. The summed E-state index contributed by atoms with van der Waals surface area (Å²) in [6.07, 6.45) is 0. The van der Waals surface area contributed by atoms with Crippen LogP contribution in [0, 0.1) is 5.92 Å². The van der Waals surface area contributed by atoms with Crippen molar-refractivity contribution in [3.8, 4) is 0 Å². The van der Waals surface area contributed by atoms with Gasteiger partial charge in [-0.15, -0.1) is 0 Å². The molecule has 1 unspecified atom stereocenters. The minimum Gasteiger partial charge on any atom is -0.339 e. The van der Waals surface area contributed by atoms with Crippen LogP contribution in [0.2, 0.25) is 5.02 Å². The first-order valence-electron chi connectivity index (χ1n) is 7.51. The second-order valence-corrected chi connectivity index (χ2v) is 6.02. The number of halogens is 1. The van der Waals surface area contributed by atoms with Crippen LogP contribution in [0.3, 0.4) is 0 Å². The summed E-state index contributed by atoms with van der Waals surface area (Å²) in [6.45, 7) is 4.91. The van der Waals surface area contributed by atoms with E-state index in [4.69, 9.17) is 11.6 Å². The lowest BCUT2D eigenvalue weighted by atomic mass is 10.1. The van der Waals surface area contributed by atoms with Crippen molar-refractivity contribution in [2.75, 3.05) is 39.8 Å². The van der Waals surface area contributed by atoms with Crippen LogP contribution in [0.5, 0.6) is 0 Å². The van der Waals surface area contributed by atoms with E-state index in [9.17, 15) is 9.59 Å². The van der Waals surface area contributed by atoms with E-state index in [2.05, 4.69) is 5.32 Å². The number of amides is 2. The van der Waals surface area contributed by atoms with Gasteiger partial charge in [0.2, 0.25) is 5.91 Å². The first-order valence-corrected chi connectivity index (χ1v) is 7.89. The molecule has 0 aromatic heterocycles. The number of nitrogens with zero attached hydrogens (tertiary/aromatic N) is 2. The third-order valence-corrected chi connectivity index (χ3v) is 4.15. The molecule has 0 bridgehead atoms. The Morgan fingerprint density at radius 2 is 1.68 bits per heavy atom. The van der Waals surface area contributed by atoms with Gasteiger partial charge in [-0.3, -0.25) is 9.59 Å². The molecule has 1 fully saturated rings. The molecule has 0 aliphatic carbocycles. The first kappa shape index (κ1) is 16.8. The molecule has 6 heteroatoms. The van der Waals surface area contributed by atoms with Gasteiger partial charge in [-0.25, -0.2) is 0 Å². The fraction of sp³-hybridized carbons (Fsp3) is 0.500. The van der Waals surface area contributed by atoms with Crippen molar-refractivity contribution in [1.29, 1.82) is 0 Å². The predicted octanol–water partition coefficient (Wildman–Crippen LogP) is 1.48. The van der Waals surface area contributed by atoms with E-state index in [1.807, 2.05) is 18.9 Å². The fourth-order valence-electron chi connectivity index (χ4n) is 2.61. The zero-order chi connectivity index (χ0) is 16.1. The summed E-state index contributed by atoms with van der Waals surface area (Å²) in [7, 11) is 1.84. The third-order valence-electron chi connectivity index (χ3n) is 3.90. The summed E-state index contributed by atoms with van der Waals surface area (Å²) in [5.41, 5.74) is 0.632. The first-order chi connectivity index (χ1) is 10.5. The van der Waals surface area contributed by atoms with Crippen molar-refractivity contribution in [2.24, 2.45) is 5.92 Å². The average molecular weight is 324 g/mol. The van der Waals surface area contributed by atoms with Crippen molar-refractivity contribution < 1.29 is 9.59 Å². The lowest BCUT2D eigenvalue weighted by molar-refractivity contribution is -0.136. The monoisotopic (exact) mass is 323 g/mol. The molecule has 1 aliphatic heterocycles. The Morgan fingerprint density at radius 1 is 1.14 bits per heavy atom. The smallest absolute Gasteiger partial charge is 0.253 e. The van der Waals surface area contributed by atoms with Gasteiger partial charge in [0.25, 0.3) is 5.91 Å². The molecule has 2 rings (SSSR count). The molecule has 1 aromatic carbocycles. The van der Waals surface area contributed by atoms with Gasteiger partial charge in [0.15, 0.2) is 0 Å². The highest BCUT2D eigenvalue weighted by Gasteiger charge is 2.26. The topological polar surface area (TPSA) is 52.7 Å². The normalized spacial score (nSPS) is 16.5. The highest BCUT2D eigenvalue weighted by molar-refractivity contribution is 6.30. The van der Waals surface area contributed by atoms with Gasteiger partial charge in [-0.05, 0) is 31.3 Å². The van der Waals surface area contributed by atoms with E-state index >= 15 is 0 Å². The van der Waals surface area contributed by atoms with Crippen molar-refractivity contribution in [3.05, 3.63) is 34.9 Å². The third kappa shape index (κ3) is 3.99. The fourth-order valence-corrected chi connectivity index (χ4v) is 2.74. The summed E-state index contributed by atoms with van der Waals surface area (Å²) in [5, 5.41) is 3.63. The standard InChI is InChI=1S/C16H22ClN3O2/c1-12(11-18-2)15(21)19-7-9-20(10-8-19)16(22)13-3-5-14(17)6-4-13/h3-6,12,18H,7-11H2,1-2H3. The molecular formula is C16H22ClN3O2. The van der Waals surface area contributed by atoms with Crippen LogP contribution in [0.1, 0.15) is 17.3 Å². The van der Waals surface area contributed by atoms with Crippen LogP contribution in [0.15, 0.2) is 24.3 Å². The second-order valence-electron chi connectivity index (χ2n) is 5.58. The van der Waals surface area contributed by atoms with Crippen LogP contribution in [-0.2, 0) is 4.79 Å². The van der Waals surface area contributed by atoms with Gasteiger partial charge < -0.3 is 15.1 Å². The number of benzene rings is 1. The molecule has 0 radical (unpaired) electrons. The van der Waals surface area contributed by atoms with Crippen LogP contribution in [-0.4, -0.2) is 61.4 Å². The van der Waals surface area contributed by atoms with Crippen LogP contribution < -0.4 is 5.32 Å². The molecule has 1 atom stereocenters. The Balaban J connectivity index is 1.90. The van der Waals surface area contributed by atoms with Gasteiger partial charge in [-0.2, -0.15) is 0 Å². The predicted molar refractivity (Wildman–Crippen MR) is 87.0 cm³/mol. The summed E-state index contributed by atoms with van der Waals surface area (Å²) in [4.78, 5) is 28.3. The number of hydrogen-bond donors (Lipinski definition) is 1. The molecule has 2 amide bonds. The maximum absolute atomic E-state index is 12.4. The number of rotatable bonds is 4. The maximum Gasteiger partial charge on any atom is 0.253 e. The summed E-state index contributed by atoms with van der Waals surface area (Å²) >= 11 is 5.84. The van der Waals surface area contributed by atoms with E-state index in [1.165, 1.54) is 0 Å². The molecule has 5 nitrogen and oxygen atoms in total. The van der Waals surface area contributed by atoms with E-state index in [-0.39, 0.29) is 17.7 Å². The molecule has 1 saturated heterocycles. The van der Waals surface area contributed by atoms with Crippen molar-refractivity contribution >= 4 is 23.4 Å². The quantitative estimate of drug-likeness (QED) is 0.913. The Hall–Kier alpha value is -1.59. The SMILES string of the molecule is CNCC(C)C(=O)N1CCN(C(=O)c2ccc(Cl)cc2)CC1. The number of piperazine rings is 1. The molecule has 0 spiro atoms. The average Bonchev–Trinajstić information content (AvgIpc) is 2.54. The maximum atomic E-state index is 12.4. The Morgan fingerprint density at radius 3 is 2.23 bits per heavy atom. The summed E-state index contributed by atoms with van der Waals surface area (Å²) < 4.78 is 0. The number of nitrogens with one attached hydrogen (secondary N) is 1. The Labute approximate surface area is 136 Å². The van der Waals surface area contributed by atoms with E-state index in [0.717, 1.165) is 0 Å². The van der Waals surface area contributed by atoms with Crippen molar-refractivity contribution in [3.63, 3.8) is 0 Å². The van der Waals surface area contributed by atoms with Gasteiger partial charge in [-0.1, -0.05) is 18.5 Å². The molecule has 120 valence electrons.